The van der Waals surface area contributed by atoms with Gasteiger partial charge in [-0.15, -0.1) is 0 Å². The van der Waals surface area contributed by atoms with E-state index in [9.17, 15) is 10.1 Å². The fourth-order valence-corrected chi connectivity index (χ4v) is 5.98. The molecule has 8 heteroatoms. The third kappa shape index (κ3) is 9.06. The zero-order valence-electron chi connectivity index (χ0n) is 26.0. The van der Waals surface area contributed by atoms with Crippen molar-refractivity contribution < 1.29 is 9.21 Å². The molecule has 1 fully saturated rings. The van der Waals surface area contributed by atoms with Crippen LogP contribution >= 0.6 is 11.6 Å². The van der Waals surface area contributed by atoms with Crippen molar-refractivity contribution in [1.82, 2.24) is 16.0 Å². The highest BCUT2D eigenvalue weighted by Crippen LogP contribution is 2.28. The predicted octanol–water partition coefficient (Wildman–Crippen LogP) is 6.83. The Bertz CT molecular complexity index is 1600. The molecule has 4 aromatic rings. The Labute approximate surface area is 271 Å². The highest BCUT2D eigenvalue weighted by atomic mass is 35.5. The topological polar surface area (TPSA) is 116 Å². The van der Waals surface area contributed by atoms with Gasteiger partial charge in [0.1, 0.15) is 11.5 Å². The van der Waals surface area contributed by atoms with Crippen molar-refractivity contribution in [1.29, 1.82) is 5.26 Å². The summed E-state index contributed by atoms with van der Waals surface area (Å²) < 4.78 is 6.16. The molecule has 7 nitrogen and oxygen atoms in total. The summed E-state index contributed by atoms with van der Waals surface area (Å²) in [6.07, 6.45) is 4.67. The second-order valence-corrected chi connectivity index (χ2v) is 12.6. The third-order valence-corrected chi connectivity index (χ3v) is 8.97. The van der Waals surface area contributed by atoms with Crippen LogP contribution in [0.15, 0.2) is 83.3 Å². The van der Waals surface area contributed by atoms with Gasteiger partial charge >= 0.3 is 0 Å². The van der Waals surface area contributed by atoms with E-state index < -0.39 is 0 Å². The van der Waals surface area contributed by atoms with Gasteiger partial charge in [-0.05, 0) is 99.5 Å². The molecule has 45 heavy (non-hydrogen) atoms. The summed E-state index contributed by atoms with van der Waals surface area (Å²) >= 11 is 6.57. The van der Waals surface area contributed by atoms with Gasteiger partial charge in [0.25, 0.3) is 5.91 Å². The smallest absolute Gasteiger partial charge is 0.253 e. The van der Waals surface area contributed by atoms with E-state index in [1.54, 1.807) is 24.3 Å². The molecule has 5 rings (SSSR count). The molecule has 0 saturated heterocycles. The lowest BCUT2D eigenvalue weighted by molar-refractivity contribution is 0.0935. The van der Waals surface area contributed by atoms with E-state index in [1.165, 1.54) is 11.1 Å². The van der Waals surface area contributed by atoms with Crippen molar-refractivity contribution in [3.8, 4) is 17.4 Å². The minimum absolute atomic E-state index is 0.174. The number of nitrogens with one attached hydrogen (secondary N) is 3. The molecule has 1 amide bonds. The summed E-state index contributed by atoms with van der Waals surface area (Å²) in [6, 6.07) is 28.1. The van der Waals surface area contributed by atoms with Crippen molar-refractivity contribution >= 4 is 17.5 Å². The summed E-state index contributed by atoms with van der Waals surface area (Å²) in [5.74, 6) is 1.24. The molecule has 1 unspecified atom stereocenters. The molecule has 2 atom stereocenters. The van der Waals surface area contributed by atoms with Crippen LogP contribution in [0, 0.1) is 18.3 Å². The Morgan fingerprint density at radius 3 is 2.47 bits per heavy atom. The lowest BCUT2D eigenvalue weighted by atomic mass is 9.91. The zero-order valence-corrected chi connectivity index (χ0v) is 26.7. The summed E-state index contributed by atoms with van der Waals surface area (Å²) in [5.41, 5.74) is 11.4. The second-order valence-electron chi connectivity index (χ2n) is 12.2. The van der Waals surface area contributed by atoms with Crippen molar-refractivity contribution in [2.75, 3.05) is 6.54 Å². The number of hydrogen-bond donors (Lipinski definition) is 4. The first-order valence-electron chi connectivity index (χ1n) is 15.7. The summed E-state index contributed by atoms with van der Waals surface area (Å²) in [7, 11) is 0. The molecule has 1 aromatic heterocycles. The van der Waals surface area contributed by atoms with E-state index >= 15 is 0 Å². The minimum atomic E-state index is -0.242. The fraction of sp³-hybridized carbons (Fsp3) is 0.351. The van der Waals surface area contributed by atoms with E-state index in [0.717, 1.165) is 42.6 Å². The number of carbonyl (C=O) groups excluding carboxylic acids is 1. The number of nitrogens with zero attached hydrogens (tertiary/aromatic N) is 1. The molecule has 1 aliphatic carbocycles. The standard InChI is InChI=1S/C37H42ClN5O2/c1-24-3-9-28(10-4-24)25(2)41-23-33-16-18-36(45-33)29-11-17-35(38)34(20-29)37(44)43-32(19-26-5-7-27(21-39)8-6-26)22-42-31-14-12-30(40)13-15-31/h3-11,16-18,20,25,30-32,41-42H,12-15,19,22-23,40H2,1-2H3,(H,43,44)/t25?,30?,31?,32-/m1/s1. The molecule has 1 saturated carbocycles. The van der Waals surface area contributed by atoms with E-state index in [2.05, 4.69) is 60.1 Å². The monoisotopic (exact) mass is 623 g/mol. The van der Waals surface area contributed by atoms with E-state index in [1.807, 2.05) is 30.3 Å². The van der Waals surface area contributed by atoms with Crippen LogP contribution in [-0.4, -0.2) is 30.6 Å². The van der Waals surface area contributed by atoms with Crippen LogP contribution in [0.1, 0.15) is 77.0 Å². The Morgan fingerprint density at radius 2 is 1.76 bits per heavy atom. The van der Waals surface area contributed by atoms with Crippen molar-refractivity contribution in [3.05, 3.63) is 117 Å². The number of halogens is 1. The lowest BCUT2D eigenvalue weighted by Gasteiger charge is -2.29. The Morgan fingerprint density at radius 1 is 1.02 bits per heavy atom. The quantitative estimate of drug-likeness (QED) is 0.137. The summed E-state index contributed by atoms with van der Waals surface area (Å²) in [6.45, 7) is 5.40. The van der Waals surface area contributed by atoms with Crippen LogP contribution in [-0.2, 0) is 13.0 Å². The molecule has 234 valence electrons. The maximum atomic E-state index is 13.7. The van der Waals surface area contributed by atoms with Gasteiger partial charge in [0.15, 0.2) is 0 Å². The molecule has 1 aliphatic rings. The lowest BCUT2D eigenvalue weighted by Crippen LogP contribution is -2.47. The molecule has 0 bridgehead atoms. The van der Waals surface area contributed by atoms with Crippen LogP contribution in [0.5, 0.6) is 0 Å². The number of carbonyl (C=O) groups is 1. The Hall–Kier alpha value is -3.93. The first-order chi connectivity index (χ1) is 21.8. The van der Waals surface area contributed by atoms with Crippen LogP contribution < -0.4 is 21.7 Å². The van der Waals surface area contributed by atoms with Crippen molar-refractivity contribution in [2.24, 2.45) is 5.73 Å². The molecule has 1 heterocycles. The number of rotatable bonds is 12. The number of benzene rings is 3. The number of aryl methyl sites for hydroxylation is 1. The van der Waals surface area contributed by atoms with E-state index in [-0.39, 0.29) is 24.0 Å². The second kappa shape index (κ2) is 15.4. The van der Waals surface area contributed by atoms with Gasteiger partial charge in [-0.3, -0.25) is 4.79 Å². The van der Waals surface area contributed by atoms with Crippen LogP contribution in [0.4, 0.5) is 0 Å². The van der Waals surface area contributed by atoms with E-state index in [0.29, 0.717) is 47.5 Å². The van der Waals surface area contributed by atoms with Gasteiger partial charge in [-0.25, -0.2) is 0 Å². The molecular weight excluding hydrogens is 582 g/mol. The number of hydrogen-bond acceptors (Lipinski definition) is 6. The number of nitrogens with two attached hydrogens (primary N) is 1. The number of nitriles is 1. The van der Waals surface area contributed by atoms with Gasteiger partial charge in [-0.1, -0.05) is 53.6 Å². The molecule has 0 radical (unpaired) electrons. The van der Waals surface area contributed by atoms with Gasteiger partial charge in [0.05, 0.1) is 28.8 Å². The normalized spacial score (nSPS) is 17.8. The third-order valence-electron chi connectivity index (χ3n) is 8.64. The van der Waals surface area contributed by atoms with Gasteiger partial charge in [-0.2, -0.15) is 5.26 Å². The van der Waals surface area contributed by atoms with Gasteiger partial charge in [0, 0.05) is 36.3 Å². The average molecular weight is 624 g/mol. The Balaban J connectivity index is 1.25. The molecule has 0 spiro atoms. The van der Waals surface area contributed by atoms with Gasteiger partial charge in [0.2, 0.25) is 0 Å². The largest absolute Gasteiger partial charge is 0.460 e. The van der Waals surface area contributed by atoms with Gasteiger partial charge < -0.3 is 26.1 Å². The molecular formula is C37H42ClN5O2. The zero-order chi connectivity index (χ0) is 31.8. The summed E-state index contributed by atoms with van der Waals surface area (Å²) in [5, 5.41) is 20.0. The predicted molar refractivity (Wildman–Crippen MR) is 180 cm³/mol. The van der Waals surface area contributed by atoms with Crippen LogP contribution in [0.3, 0.4) is 0 Å². The molecule has 5 N–H and O–H groups in total. The highest BCUT2D eigenvalue weighted by Gasteiger charge is 2.22. The van der Waals surface area contributed by atoms with Crippen LogP contribution in [0.2, 0.25) is 5.02 Å². The number of amides is 1. The maximum absolute atomic E-state index is 13.7. The van der Waals surface area contributed by atoms with Crippen molar-refractivity contribution in [3.63, 3.8) is 0 Å². The van der Waals surface area contributed by atoms with Crippen molar-refractivity contribution in [2.45, 2.75) is 76.7 Å². The first kappa shape index (κ1) is 32.5. The first-order valence-corrected chi connectivity index (χ1v) is 16.1. The maximum Gasteiger partial charge on any atom is 0.253 e. The molecule has 3 aromatic carbocycles. The van der Waals surface area contributed by atoms with Crippen LogP contribution in [0.25, 0.3) is 11.3 Å². The SMILES string of the molecule is Cc1ccc(C(C)NCc2ccc(-c3ccc(Cl)c(C(=O)N[C@@H](CNC4CCC(N)CC4)Cc4ccc(C#N)cc4)c3)o2)cc1. The number of furan rings is 1. The molecule has 0 aliphatic heterocycles. The minimum Gasteiger partial charge on any atom is -0.460 e. The average Bonchev–Trinajstić information content (AvgIpc) is 3.53. The highest BCUT2D eigenvalue weighted by molar-refractivity contribution is 6.34. The fourth-order valence-electron chi connectivity index (χ4n) is 5.78. The Kier molecular flexibility index (Phi) is 11.1. The van der Waals surface area contributed by atoms with E-state index in [4.69, 9.17) is 21.8 Å². The summed E-state index contributed by atoms with van der Waals surface area (Å²) in [4.78, 5) is 13.7.